The second kappa shape index (κ2) is 5.46. The minimum absolute atomic E-state index is 0.155. The van der Waals surface area contributed by atoms with Crippen molar-refractivity contribution in [3.8, 4) is 0 Å². The molecule has 4 nitrogen and oxygen atoms in total. The van der Waals surface area contributed by atoms with Crippen LogP contribution >= 0.6 is 0 Å². The number of hydrogen-bond donors (Lipinski definition) is 2. The minimum atomic E-state index is -0.463. The van der Waals surface area contributed by atoms with Gasteiger partial charge in [-0.1, -0.05) is 20.3 Å². The predicted octanol–water partition coefficient (Wildman–Crippen LogP) is 1.39. The number of nitrogens with two attached hydrogens (primary N) is 1. The quantitative estimate of drug-likeness (QED) is 0.784. The number of aromatic nitrogens is 1. The lowest BCUT2D eigenvalue weighted by Crippen LogP contribution is -2.40. The third-order valence-electron chi connectivity index (χ3n) is 2.49. The molecule has 3 N–H and O–H groups in total. The van der Waals surface area contributed by atoms with Crippen molar-refractivity contribution in [1.82, 2.24) is 4.98 Å². The Hall–Kier alpha value is -1.42. The number of anilines is 1. The molecule has 0 spiro atoms. The lowest BCUT2D eigenvalue weighted by atomic mass is 9.99. The highest BCUT2D eigenvalue weighted by molar-refractivity contribution is 5.94. The molecular weight excluding hydrogens is 190 g/mol. The molecule has 15 heavy (non-hydrogen) atoms. The largest absolute Gasteiger partial charge is 0.323 e. The molecule has 0 saturated heterocycles. The van der Waals surface area contributed by atoms with Crippen molar-refractivity contribution in [1.29, 1.82) is 0 Å². The van der Waals surface area contributed by atoms with Crippen LogP contribution in [0.2, 0.25) is 0 Å². The van der Waals surface area contributed by atoms with Crippen LogP contribution in [0.3, 0.4) is 0 Å². The summed E-state index contributed by atoms with van der Waals surface area (Å²) in [5, 5.41) is 2.73. The summed E-state index contributed by atoms with van der Waals surface area (Å²) in [6.07, 6.45) is 4.15. The minimum Gasteiger partial charge on any atom is -0.323 e. The van der Waals surface area contributed by atoms with Crippen LogP contribution in [-0.2, 0) is 4.79 Å². The van der Waals surface area contributed by atoms with Crippen molar-refractivity contribution >= 4 is 11.6 Å². The smallest absolute Gasteiger partial charge is 0.241 e. The second-order valence-corrected chi connectivity index (χ2v) is 3.64. The number of hydrogen-bond acceptors (Lipinski definition) is 3. The number of nitrogens with one attached hydrogen (secondary N) is 1. The molecule has 0 saturated carbocycles. The zero-order valence-electron chi connectivity index (χ0n) is 9.10. The van der Waals surface area contributed by atoms with Gasteiger partial charge in [0, 0.05) is 6.20 Å². The average Bonchev–Trinajstić information content (AvgIpc) is 2.28. The highest BCUT2D eigenvalue weighted by Crippen LogP contribution is 2.09. The van der Waals surface area contributed by atoms with Crippen molar-refractivity contribution in [2.45, 2.75) is 26.3 Å². The lowest BCUT2D eigenvalue weighted by Gasteiger charge is -2.17. The van der Waals surface area contributed by atoms with E-state index >= 15 is 0 Å². The number of carbonyl (C=O) groups is 1. The zero-order valence-corrected chi connectivity index (χ0v) is 9.10. The van der Waals surface area contributed by atoms with E-state index in [0.29, 0.717) is 5.69 Å². The summed E-state index contributed by atoms with van der Waals surface area (Å²) >= 11 is 0. The summed E-state index contributed by atoms with van der Waals surface area (Å²) in [5.41, 5.74) is 6.47. The van der Waals surface area contributed by atoms with E-state index in [2.05, 4.69) is 10.3 Å². The summed E-state index contributed by atoms with van der Waals surface area (Å²) in [4.78, 5) is 15.6. The van der Waals surface area contributed by atoms with Crippen LogP contribution < -0.4 is 11.1 Å². The van der Waals surface area contributed by atoms with E-state index in [1.165, 1.54) is 0 Å². The number of pyridine rings is 1. The van der Waals surface area contributed by atoms with Gasteiger partial charge in [0.15, 0.2) is 0 Å². The van der Waals surface area contributed by atoms with Gasteiger partial charge in [0.05, 0.1) is 17.9 Å². The van der Waals surface area contributed by atoms with Crippen molar-refractivity contribution in [3.63, 3.8) is 0 Å². The third kappa shape index (κ3) is 3.32. The summed E-state index contributed by atoms with van der Waals surface area (Å²) in [7, 11) is 0. The van der Waals surface area contributed by atoms with E-state index in [1.807, 2.05) is 13.8 Å². The Bertz CT molecular complexity index is 313. The molecule has 1 aromatic rings. The van der Waals surface area contributed by atoms with Crippen molar-refractivity contribution in [2.75, 3.05) is 5.32 Å². The third-order valence-corrected chi connectivity index (χ3v) is 2.49. The standard InChI is InChI=1S/C11H17N3O/c1-3-8(2)10(12)11(15)14-9-5-4-6-13-7-9/h4-8,10H,3,12H2,1-2H3,(H,14,15). The fraction of sp³-hybridized carbons (Fsp3) is 0.455. The van der Waals surface area contributed by atoms with Crippen LogP contribution in [0.15, 0.2) is 24.5 Å². The molecule has 0 aromatic carbocycles. The Morgan fingerprint density at radius 1 is 1.67 bits per heavy atom. The molecule has 1 aromatic heterocycles. The SMILES string of the molecule is CCC(C)C(N)C(=O)Nc1cccnc1. The summed E-state index contributed by atoms with van der Waals surface area (Å²) < 4.78 is 0. The molecule has 1 rings (SSSR count). The number of nitrogens with zero attached hydrogens (tertiary/aromatic N) is 1. The van der Waals surface area contributed by atoms with Gasteiger partial charge in [0.25, 0.3) is 0 Å². The van der Waals surface area contributed by atoms with Gasteiger partial charge in [-0.25, -0.2) is 0 Å². The van der Waals surface area contributed by atoms with Crippen LogP contribution in [-0.4, -0.2) is 16.9 Å². The van der Waals surface area contributed by atoms with Crippen molar-refractivity contribution in [3.05, 3.63) is 24.5 Å². The fourth-order valence-electron chi connectivity index (χ4n) is 1.17. The average molecular weight is 207 g/mol. The van der Waals surface area contributed by atoms with E-state index < -0.39 is 6.04 Å². The van der Waals surface area contributed by atoms with Crippen LogP contribution in [0.1, 0.15) is 20.3 Å². The number of amides is 1. The number of rotatable bonds is 4. The van der Waals surface area contributed by atoms with Crippen LogP contribution in [0.5, 0.6) is 0 Å². The summed E-state index contributed by atoms with van der Waals surface area (Å²) in [6.45, 7) is 3.98. The second-order valence-electron chi connectivity index (χ2n) is 3.64. The van der Waals surface area contributed by atoms with Gasteiger partial charge in [0.2, 0.25) is 5.91 Å². The van der Waals surface area contributed by atoms with E-state index in [9.17, 15) is 4.79 Å². The fourth-order valence-corrected chi connectivity index (χ4v) is 1.17. The zero-order chi connectivity index (χ0) is 11.3. The molecule has 1 amide bonds. The maximum absolute atomic E-state index is 11.6. The highest BCUT2D eigenvalue weighted by Gasteiger charge is 2.19. The molecule has 0 aliphatic carbocycles. The first-order valence-electron chi connectivity index (χ1n) is 5.11. The molecule has 1 heterocycles. The number of carbonyl (C=O) groups excluding carboxylic acids is 1. The van der Waals surface area contributed by atoms with Gasteiger partial charge in [-0.3, -0.25) is 9.78 Å². The van der Waals surface area contributed by atoms with E-state index in [-0.39, 0.29) is 11.8 Å². The molecule has 0 bridgehead atoms. The van der Waals surface area contributed by atoms with E-state index in [1.54, 1.807) is 24.5 Å². The van der Waals surface area contributed by atoms with Crippen LogP contribution in [0.25, 0.3) is 0 Å². The first-order chi connectivity index (χ1) is 7.15. The molecule has 2 unspecified atom stereocenters. The predicted molar refractivity (Wildman–Crippen MR) is 60.3 cm³/mol. The topological polar surface area (TPSA) is 68.0 Å². The lowest BCUT2D eigenvalue weighted by molar-refractivity contribution is -0.118. The monoisotopic (exact) mass is 207 g/mol. The molecule has 0 aliphatic heterocycles. The molecule has 0 radical (unpaired) electrons. The Morgan fingerprint density at radius 2 is 2.40 bits per heavy atom. The van der Waals surface area contributed by atoms with Gasteiger partial charge in [-0.05, 0) is 18.1 Å². The van der Waals surface area contributed by atoms with Gasteiger partial charge < -0.3 is 11.1 Å². The molecule has 0 aliphatic rings. The Labute approximate surface area is 89.9 Å². The molecular formula is C11H17N3O. The maximum atomic E-state index is 11.6. The Balaban J connectivity index is 2.56. The molecule has 2 atom stereocenters. The van der Waals surface area contributed by atoms with E-state index in [4.69, 9.17) is 5.73 Å². The van der Waals surface area contributed by atoms with E-state index in [0.717, 1.165) is 6.42 Å². The van der Waals surface area contributed by atoms with Gasteiger partial charge in [-0.2, -0.15) is 0 Å². The Morgan fingerprint density at radius 3 is 2.93 bits per heavy atom. The summed E-state index contributed by atoms with van der Waals surface area (Å²) in [5.74, 6) is 0.0269. The van der Waals surface area contributed by atoms with Crippen LogP contribution in [0.4, 0.5) is 5.69 Å². The summed E-state index contributed by atoms with van der Waals surface area (Å²) in [6, 6.07) is 3.09. The molecule has 4 heteroatoms. The van der Waals surface area contributed by atoms with Crippen molar-refractivity contribution < 1.29 is 4.79 Å². The normalized spacial score (nSPS) is 14.3. The maximum Gasteiger partial charge on any atom is 0.241 e. The van der Waals surface area contributed by atoms with Crippen molar-refractivity contribution in [2.24, 2.45) is 11.7 Å². The van der Waals surface area contributed by atoms with Crippen LogP contribution in [0, 0.1) is 5.92 Å². The first kappa shape index (κ1) is 11.7. The Kier molecular flexibility index (Phi) is 4.24. The molecule has 82 valence electrons. The van der Waals surface area contributed by atoms with Gasteiger partial charge in [0.1, 0.15) is 0 Å². The molecule has 0 fully saturated rings. The first-order valence-corrected chi connectivity index (χ1v) is 5.11. The van der Waals surface area contributed by atoms with Gasteiger partial charge >= 0.3 is 0 Å². The highest BCUT2D eigenvalue weighted by atomic mass is 16.2. The van der Waals surface area contributed by atoms with Gasteiger partial charge in [-0.15, -0.1) is 0 Å².